The average Bonchev–Trinajstić information content (AvgIpc) is 3.21. The van der Waals surface area contributed by atoms with Crippen molar-refractivity contribution in [3.8, 4) is 0 Å². The quantitative estimate of drug-likeness (QED) is 0.613. The van der Waals surface area contributed by atoms with E-state index in [0.29, 0.717) is 11.7 Å². The predicted octanol–water partition coefficient (Wildman–Crippen LogP) is 2.91. The number of nitrogens with zero attached hydrogens (tertiary/aromatic N) is 4. The van der Waals surface area contributed by atoms with Crippen molar-refractivity contribution in [3.63, 3.8) is 0 Å². The summed E-state index contributed by atoms with van der Waals surface area (Å²) >= 11 is 5.61. The van der Waals surface area contributed by atoms with Gasteiger partial charge in [0.1, 0.15) is 0 Å². The van der Waals surface area contributed by atoms with Crippen LogP contribution in [0.25, 0.3) is 0 Å². The molecule has 29 heavy (non-hydrogen) atoms. The third kappa shape index (κ3) is 3.75. The Morgan fingerprint density at radius 3 is 2.72 bits per heavy atom. The summed E-state index contributed by atoms with van der Waals surface area (Å²) in [5.74, 6) is 0. The maximum Gasteiger partial charge on any atom is 0.170 e. The summed E-state index contributed by atoms with van der Waals surface area (Å²) in [6.07, 6.45) is 5.50. The Bertz CT molecular complexity index is 989. The summed E-state index contributed by atoms with van der Waals surface area (Å²) in [6, 6.07) is 12.1. The lowest BCUT2D eigenvalue weighted by atomic mass is 9.97. The van der Waals surface area contributed by atoms with Gasteiger partial charge >= 0.3 is 0 Å². The molecular formula is C22H25N5OS. The van der Waals surface area contributed by atoms with Crippen molar-refractivity contribution in [1.82, 2.24) is 24.8 Å². The average molecular weight is 408 g/mol. The molecule has 0 radical (unpaired) electrons. The van der Waals surface area contributed by atoms with E-state index in [1.807, 2.05) is 30.5 Å². The number of β-amino-alcohol motifs (C(OH)–C–C–N with tert-alkyl or cyclic N) is 1. The fourth-order valence-corrected chi connectivity index (χ4v) is 4.47. The van der Waals surface area contributed by atoms with Gasteiger partial charge in [-0.05, 0) is 61.5 Å². The first-order chi connectivity index (χ1) is 14.1. The minimum Gasteiger partial charge on any atom is -0.395 e. The predicted molar refractivity (Wildman–Crippen MR) is 116 cm³/mol. The molecule has 4 rings (SSSR count). The van der Waals surface area contributed by atoms with Crippen LogP contribution in [0.3, 0.4) is 0 Å². The van der Waals surface area contributed by atoms with Crippen LogP contribution in [0.1, 0.15) is 40.3 Å². The third-order valence-corrected chi connectivity index (χ3v) is 5.89. The van der Waals surface area contributed by atoms with Gasteiger partial charge in [-0.25, -0.2) is 0 Å². The van der Waals surface area contributed by atoms with Gasteiger partial charge in [-0.2, -0.15) is 0 Å². The number of thiocarbonyl (C=S) groups is 1. The molecule has 2 N–H and O–H groups in total. The van der Waals surface area contributed by atoms with Crippen molar-refractivity contribution >= 4 is 17.3 Å². The van der Waals surface area contributed by atoms with Crippen LogP contribution in [0, 0.1) is 13.8 Å². The van der Waals surface area contributed by atoms with Crippen molar-refractivity contribution in [1.29, 1.82) is 0 Å². The summed E-state index contributed by atoms with van der Waals surface area (Å²) in [5, 5.41) is 13.7. The highest BCUT2D eigenvalue weighted by Gasteiger charge is 2.40. The molecule has 1 aliphatic heterocycles. The van der Waals surface area contributed by atoms with E-state index in [9.17, 15) is 5.11 Å². The normalized spacial score (nSPS) is 18.9. The second-order valence-corrected chi connectivity index (χ2v) is 7.70. The Kier molecular flexibility index (Phi) is 5.60. The zero-order chi connectivity index (χ0) is 20.4. The van der Waals surface area contributed by atoms with E-state index in [1.54, 1.807) is 12.4 Å². The summed E-state index contributed by atoms with van der Waals surface area (Å²) in [6.45, 7) is 5.56. The first kappa shape index (κ1) is 19.5. The Labute approximate surface area is 176 Å². The number of aliphatic hydroxyl groups is 1. The SMILES string of the molecule is Cc1cc([C@H]2[C@H](c3ccccn3)NC(=S)N2CCO)c(C)n1Cc1cccnc1. The number of aliphatic hydroxyl groups excluding tert-OH is 1. The Hall–Kier alpha value is -2.77. The molecule has 0 unspecified atom stereocenters. The molecule has 0 saturated carbocycles. The molecule has 2 atom stereocenters. The van der Waals surface area contributed by atoms with Crippen molar-refractivity contribution in [3.05, 3.63) is 83.2 Å². The molecule has 3 aromatic rings. The van der Waals surface area contributed by atoms with Crippen molar-refractivity contribution in [2.45, 2.75) is 32.5 Å². The zero-order valence-corrected chi connectivity index (χ0v) is 17.4. The second-order valence-electron chi connectivity index (χ2n) is 7.32. The molecule has 1 saturated heterocycles. The number of aryl methyl sites for hydroxylation is 1. The monoisotopic (exact) mass is 407 g/mol. The van der Waals surface area contributed by atoms with E-state index in [0.717, 1.165) is 17.8 Å². The molecule has 3 aromatic heterocycles. The maximum absolute atomic E-state index is 9.63. The topological polar surface area (TPSA) is 66.2 Å². The van der Waals surface area contributed by atoms with E-state index in [-0.39, 0.29) is 18.7 Å². The van der Waals surface area contributed by atoms with Gasteiger partial charge in [-0.3, -0.25) is 9.97 Å². The molecule has 7 heteroatoms. The number of rotatable bonds is 6. The highest BCUT2D eigenvalue weighted by atomic mass is 32.1. The standard InChI is InChI=1S/C22H25N5OS/c1-15-12-18(16(2)27(15)14-17-6-5-8-23-13-17)21-20(19-7-3-4-9-24-19)25-22(29)26(21)10-11-28/h3-9,12-13,20-21,28H,10-11,14H2,1-2H3,(H,25,29)/t20-,21-/m0/s1. The zero-order valence-electron chi connectivity index (χ0n) is 16.6. The van der Waals surface area contributed by atoms with Gasteiger partial charge < -0.3 is 19.9 Å². The molecule has 6 nitrogen and oxygen atoms in total. The highest BCUT2D eigenvalue weighted by molar-refractivity contribution is 7.80. The number of aromatic nitrogens is 3. The van der Waals surface area contributed by atoms with Gasteiger partial charge in [0.15, 0.2) is 5.11 Å². The molecule has 1 fully saturated rings. The fourth-order valence-electron chi connectivity index (χ4n) is 4.14. The van der Waals surface area contributed by atoms with Gasteiger partial charge in [0.2, 0.25) is 0 Å². The molecule has 4 heterocycles. The molecule has 1 aliphatic rings. The van der Waals surface area contributed by atoms with Gasteiger partial charge in [-0.15, -0.1) is 0 Å². The van der Waals surface area contributed by atoms with E-state index in [1.165, 1.54) is 17.0 Å². The Morgan fingerprint density at radius 1 is 1.17 bits per heavy atom. The lowest BCUT2D eigenvalue weighted by molar-refractivity contribution is 0.222. The van der Waals surface area contributed by atoms with Crippen LogP contribution in [0.15, 0.2) is 55.0 Å². The summed E-state index contributed by atoms with van der Waals surface area (Å²) in [5.41, 5.74) is 5.67. The summed E-state index contributed by atoms with van der Waals surface area (Å²) < 4.78 is 2.31. The second kappa shape index (κ2) is 8.31. The third-order valence-electron chi connectivity index (χ3n) is 5.53. The van der Waals surface area contributed by atoms with Gasteiger partial charge in [0.05, 0.1) is 24.4 Å². The first-order valence-electron chi connectivity index (χ1n) is 9.74. The highest BCUT2D eigenvalue weighted by Crippen LogP contribution is 2.40. The summed E-state index contributed by atoms with van der Waals surface area (Å²) in [4.78, 5) is 10.9. The first-order valence-corrected chi connectivity index (χ1v) is 10.2. The fraction of sp³-hybridized carbons (Fsp3) is 0.318. The van der Waals surface area contributed by atoms with Crippen molar-refractivity contribution in [2.24, 2.45) is 0 Å². The van der Waals surface area contributed by atoms with E-state index >= 15 is 0 Å². The molecule has 0 amide bonds. The lowest BCUT2D eigenvalue weighted by Gasteiger charge is -2.27. The van der Waals surface area contributed by atoms with Crippen molar-refractivity contribution in [2.75, 3.05) is 13.2 Å². The van der Waals surface area contributed by atoms with Gasteiger partial charge in [0.25, 0.3) is 0 Å². The molecule has 0 spiro atoms. The van der Waals surface area contributed by atoms with E-state index < -0.39 is 0 Å². The minimum absolute atomic E-state index is 0.0293. The molecule has 150 valence electrons. The van der Waals surface area contributed by atoms with E-state index in [4.69, 9.17) is 12.2 Å². The minimum atomic E-state index is -0.0670. The molecule has 0 aromatic carbocycles. The van der Waals surface area contributed by atoms with E-state index in [2.05, 4.69) is 50.7 Å². The van der Waals surface area contributed by atoms with Crippen LogP contribution in [-0.4, -0.2) is 42.8 Å². The van der Waals surface area contributed by atoms with Crippen LogP contribution >= 0.6 is 12.2 Å². The maximum atomic E-state index is 9.63. The number of pyridine rings is 2. The van der Waals surface area contributed by atoms with Crippen LogP contribution in [0.4, 0.5) is 0 Å². The van der Waals surface area contributed by atoms with Crippen LogP contribution < -0.4 is 5.32 Å². The van der Waals surface area contributed by atoms with Crippen LogP contribution in [0.5, 0.6) is 0 Å². The smallest absolute Gasteiger partial charge is 0.170 e. The van der Waals surface area contributed by atoms with Crippen LogP contribution in [0.2, 0.25) is 0 Å². The van der Waals surface area contributed by atoms with Gasteiger partial charge in [-0.1, -0.05) is 12.1 Å². The van der Waals surface area contributed by atoms with Crippen molar-refractivity contribution < 1.29 is 5.11 Å². The largest absolute Gasteiger partial charge is 0.395 e. The Balaban J connectivity index is 1.75. The number of hydrogen-bond acceptors (Lipinski definition) is 4. The molecular weight excluding hydrogens is 382 g/mol. The Morgan fingerprint density at radius 2 is 2.03 bits per heavy atom. The number of hydrogen-bond donors (Lipinski definition) is 2. The molecule has 0 bridgehead atoms. The lowest BCUT2D eigenvalue weighted by Crippen LogP contribution is -2.32. The molecule has 0 aliphatic carbocycles. The van der Waals surface area contributed by atoms with Gasteiger partial charge in [0, 0.05) is 43.1 Å². The van der Waals surface area contributed by atoms with Crippen LogP contribution in [-0.2, 0) is 6.54 Å². The summed E-state index contributed by atoms with van der Waals surface area (Å²) in [7, 11) is 0. The number of nitrogens with one attached hydrogen (secondary N) is 1.